The van der Waals surface area contributed by atoms with E-state index in [0.29, 0.717) is 0 Å². The van der Waals surface area contributed by atoms with Gasteiger partial charge in [-0.15, -0.1) is 0 Å². The number of ether oxygens (including phenoxy) is 1. The molecule has 1 unspecified atom stereocenters. The number of hydrogen-bond acceptors (Lipinski definition) is 4. The molecule has 0 amide bonds. The minimum atomic E-state index is 0.128. The number of rotatable bonds is 3. The topological polar surface area (TPSA) is 35.9 Å². The fraction of sp³-hybridized carbons (Fsp3) is 0.600. The molecule has 0 spiro atoms. The summed E-state index contributed by atoms with van der Waals surface area (Å²) in [5.74, 6) is 0.883. The summed E-state index contributed by atoms with van der Waals surface area (Å²) in [5, 5.41) is 9.69. The number of methoxy groups -OCH3 is 1. The number of benzene rings is 1. The molecule has 1 fully saturated rings. The van der Waals surface area contributed by atoms with Crippen molar-refractivity contribution in [3.05, 3.63) is 23.8 Å². The van der Waals surface area contributed by atoms with Crippen molar-refractivity contribution < 1.29 is 9.84 Å². The lowest BCUT2D eigenvalue weighted by molar-refractivity contribution is 0.228. The number of likely N-dealkylation sites (N-methyl/N-ethyl adjacent to an activating group) is 1. The van der Waals surface area contributed by atoms with Gasteiger partial charge in [-0.05, 0) is 44.6 Å². The SMILES string of the molecule is COc1ccc(C)cc1N1CCCN(C)CC1CO. The standard InChI is InChI=1S/C15H24N2O2/c1-12-5-6-15(19-3)14(9-12)17-8-4-7-16(2)10-13(17)11-18/h5-6,9,13,18H,4,7-8,10-11H2,1-3H3. The van der Waals surface area contributed by atoms with E-state index in [1.807, 2.05) is 6.07 Å². The molecule has 2 rings (SSSR count). The fourth-order valence-corrected chi connectivity index (χ4v) is 2.74. The summed E-state index contributed by atoms with van der Waals surface area (Å²) in [6, 6.07) is 6.34. The van der Waals surface area contributed by atoms with Crippen molar-refractivity contribution in [1.82, 2.24) is 4.90 Å². The summed E-state index contributed by atoms with van der Waals surface area (Å²) < 4.78 is 5.48. The van der Waals surface area contributed by atoms with Gasteiger partial charge in [0.2, 0.25) is 0 Å². The maximum atomic E-state index is 9.69. The van der Waals surface area contributed by atoms with E-state index in [-0.39, 0.29) is 12.6 Å². The Hall–Kier alpha value is -1.26. The molecule has 4 nitrogen and oxygen atoms in total. The van der Waals surface area contributed by atoms with Crippen LogP contribution in [0.15, 0.2) is 18.2 Å². The molecule has 1 saturated heterocycles. The van der Waals surface area contributed by atoms with E-state index in [1.165, 1.54) is 5.56 Å². The molecule has 0 saturated carbocycles. The van der Waals surface area contributed by atoms with Gasteiger partial charge < -0.3 is 19.6 Å². The minimum absolute atomic E-state index is 0.128. The van der Waals surface area contributed by atoms with Crippen molar-refractivity contribution in [3.8, 4) is 5.75 Å². The van der Waals surface area contributed by atoms with E-state index in [0.717, 1.165) is 37.5 Å². The molecule has 0 bridgehead atoms. The third-order valence-corrected chi connectivity index (χ3v) is 3.76. The average molecular weight is 264 g/mol. The maximum Gasteiger partial charge on any atom is 0.142 e. The van der Waals surface area contributed by atoms with E-state index in [4.69, 9.17) is 4.74 Å². The van der Waals surface area contributed by atoms with Gasteiger partial charge in [0.15, 0.2) is 0 Å². The lowest BCUT2D eigenvalue weighted by atomic mass is 10.1. The normalized spacial score (nSPS) is 21.3. The maximum absolute atomic E-state index is 9.69. The fourth-order valence-electron chi connectivity index (χ4n) is 2.74. The van der Waals surface area contributed by atoms with Crippen LogP contribution in [0.4, 0.5) is 5.69 Å². The van der Waals surface area contributed by atoms with Gasteiger partial charge in [0, 0.05) is 13.1 Å². The van der Waals surface area contributed by atoms with Gasteiger partial charge in [-0.2, -0.15) is 0 Å². The van der Waals surface area contributed by atoms with Crippen molar-refractivity contribution in [2.45, 2.75) is 19.4 Å². The smallest absolute Gasteiger partial charge is 0.142 e. The summed E-state index contributed by atoms with van der Waals surface area (Å²) in [5.41, 5.74) is 2.31. The second kappa shape index (κ2) is 6.26. The molecule has 4 heteroatoms. The van der Waals surface area contributed by atoms with E-state index in [9.17, 15) is 5.11 Å². The first-order valence-electron chi connectivity index (χ1n) is 6.86. The molecular formula is C15H24N2O2. The summed E-state index contributed by atoms with van der Waals surface area (Å²) in [6.45, 7) is 5.16. The Kier molecular flexibility index (Phi) is 4.66. The highest BCUT2D eigenvalue weighted by Gasteiger charge is 2.25. The zero-order valence-corrected chi connectivity index (χ0v) is 12.1. The van der Waals surface area contributed by atoms with Gasteiger partial charge in [-0.25, -0.2) is 0 Å². The van der Waals surface area contributed by atoms with Crippen LogP contribution < -0.4 is 9.64 Å². The van der Waals surface area contributed by atoms with Gasteiger partial charge in [0.1, 0.15) is 5.75 Å². The Balaban J connectivity index is 2.34. The molecule has 1 aromatic carbocycles. The third kappa shape index (κ3) is 3.19. The van der Waals surface area contributed by atoms with E-state index < -0.39 is 0 Å². The van der Waals surface area contributed by atoms with E-state index in [2.05, 4.69) is 35.9 Å². The number of aliphatic hydroxyl groups is 1. The van der Waals surface area contributed by atoms with E-state index in [1.54, 1.807) is 7.11 Å². The van der Waals surface area contributed by atoms with Crippen LogP contribution >= 0.6 is 0 Å². The van der Waals surface area contributed by atoms with Crippen molar-refractivity contribution in [3.63, 3.8) is 0 Å². The van der Waals surface area contributed by atoms with Crippen LogP contribution in [-0.4, -0.2) is 56.4 Å². The molecule has 106 valence electrons. The quantitative estimate of drug-likeness (QED) is 0.897. The number of anilines is 1. The Labute approximate surface area is 115 Å². The first-order chi connectivity index (χ1) is 9.15. The molecular weight excluding hydrogens is 240 g/mol. The van der Waals surface area contributed by atoms with Crippen LogP contribution in [0.2, 0.25) is 0 Å². The summed E-state index contributed by atoms with van der Waals surface area (Å²) in [7, 11) is 3.81. The van der Waals surface area contributed by atoms with Gasteiger partial charge in [0.25, 0.3) is 0 Å². The van der Waals surface area contributed by atoms with Gasteiger partial charge >= 0.3 is 0 Å². The lowest BCUT2D eigenvalue weighted by Gasteiger charge is -2.32. The molecule has 1 heterocycles. The monoisotopic (exact) mass is 264 g/mol. The highest BCUT2D eigenvalue weighted by molar-refractivity contribution is 5.61. The summed E-state index contributed by atoms with van der Waals surface area (Å²) in [6.07, 6.45) is 1.10. The molecule has 1 atom stereocenters. The number of aliphatic hydroxyl groups excluding tert-OH is 1. The Bertz CT molecular complexity index is 423. The zero-order valence-electron chi connectivity index (χ0n) is 12.1. The van der Waals surface area contributed by atoms with Gasteiger partial charge in [-0.1, -0.05) is 6.07 Å². The van der Waals surface area contributed by atoms with Gasteiger partial charge in [0.05, 0.1) is 25.4 Å². The van der Waals surface area contributed by atoms with E-state index >= 15 is 0 Å². The van der Waals surface area contributed by atoms with Crippen LogP contribution in [0, 0.1) is 6.92 Å². The number of aryl methyl sites for hydroxylation is 1. The summed E-state index contributed by atoms with van der Waals surface area (Å²) >= 11 is 0. The molecule has 1 N–H and O–H groups in total. The van der Waals surface area contributed by atoms with Crippen LogP contribution in [-0.2, 0) is 0 Å². The molecule has 0 radical (unpaired) electrons. The summed E-state index contributed by atoms with van der Waals surface area (Å²) in [4.78, 5) is 4.57. The number of nitrogens with zero attached hydrogens (tertiary/aromatic N) is 2. The minimum Gasteiger partial charge on any atom is -0.495 e. The highest BCUT2D eigenvalue weighted by atomic mass is 16.5. The average Bonchev–Trinajstić information content (AvgIpc) is 2.60. The molecule has 19 heavy (non-hydrogen) atoms. The van der Waals surface area contributed by atoms with Crippen molar-refractivity contribution in [1.29, 1.82) is 0 Å². The third-order valence-electron chi connectivity index (χ3n) is 3.76. The zero-order chi connectivity index (χ0) is 13.8. The number of hydrogen-bond donors (Lipinski definition) is 1. The van der Waals surface area contributed by atoms with Crippen LogP contribution in [0.25, 0.3) is 0 Å². The Morgan fingerprint density at radius 3 is 2.84 bits per heavy atom. The molecule has 0 aromatic heterocycles. The highest BCUT2D eigenvalue weighted by Crippen LogP contribution is 2.31. The molecule has 0 aliphatic carbocycles. The molecule has 1 aliphatic heterocycles. The van der Waals surface area contributed by atoms with Gasteiger partial charge in [-0.3, -0.25) is 0 Å². The molecule has 1 aliphatic rings. The largest absolute Gasteiger partial charge is 0.495 e. The molecule has 1 aromatic rings. The van der Waals surface area contributed by atoms with Crippen molar-refractivity contribution >= 4 is 5.69 Å². The second-order valence-electron chi connectivity index (χ2n) is 5.32. The Morgan fingerprint density at radius 2 is 2.16 bits per heavy atom. The first kappa shape index (κ1) is 14.2. The van der Waals surface area contributed by atoms with Crippen molar-refractivity contribution in [2.75, 3.05) is 45.3 Å². The predicted molar refractivity (Wildman–Crippen MR) is 78.1 cm³/mol. The predicted octanol–water partition coefficient (Wildman–Crippen LogP) is 1.51. The second-order valence-corrected chi connectivity index (χ2v) is 5.32. The van der Waals surface area contributed by atoms with Crippen LogP contribution in [0.3, 0.4) is 0 Å². The lowest BCUT2D eigenvalue weighted by Crippen LogP contribution is -2.43. The van der Waals surface area contributed by atoms with Crippen LogP contribution in [0.5, 0.6) is 5.75 Å². The Morgan fingerprint density at radius 1 is 1.37 bits per heavy atom. The van der Waals surface area contributed by atoms with Crippen LogP contribution in [0.1, 0.15) is 12.0 Å². The van der Waals surface area contributed by atoms with Crippen molar-refractivity contribution in [2.24, 2.45) is 0 Å². The first-order valence-corrected chi connectivity index (χ1v) is 6.86.